The normalized spacial score (nSPS) is 18.2. The summed E-state index contributed by atoms with van der Waals surface area (Å²) >= 11 is 0. The van der Waals surface area contributed by atoms with Crippen LogP contribution in [-0.4, -0.2) is 24.2 Å². The van der Waals surface area contributed by atoms with Crippen LogP contribution in [0.15, 0.2) is 17.0 Å². The number of ether oxygens (including phenoxy) is 1. The van der Waals surface area contributed by atoms with Gasteiger partial charge < -0.3 is 14.5 Å². The number of hydrogen-bond acceptors (Lipinski definition) is 4. The maximum atomic E-state index is 5.04. The Bertz CT molecular complexity index is 206. The van der Waals surface area contributed by atoms with Crippen LogP contribution in [0.25, 0.3) is 0 Å². The molecule has 1 aromatic rings. The minimum Gasteiger partial charge on any atom is -0.447 e. The SMILES string of the molecule is c1ncc(CNC2COC2)o1. The first-order valence-electron chi connectivity index (χ1n) is 3.63. The van der Waals surface area contributed by atoms with Crippen LogP contribution in [-0.2, 0) is 11.3 Å². The zero-order valence-corrected chi connectivity index (χ0v) is 6.12. The summed E-state index contributed by atoms with van der Waals surface area (Å²) in [4.78, 5) is 3.81. The molecule has 0 radical (unpaired) electrons. The van der Waals surface area contributed by atoms with Crippen LogP contribution in [0.1, 0.15) is 5.76 Å². The lowest BCUT2D eigenvalue weighted by atomic mass is 10.2. The van der Waals surface area contributed by atoms with Crippen molar-refractivity contribution in [2.24, 2.45) is 0 Å². The van der Waals surface area contributed by atoms with Crippen molar-refractivity contribution in [1.82, 2.24) is 10.3 Å². The third-order valence-corrected chi connectivity index (χ3v) is 1.69. The fraction of sp³-hybridized carbons (Fsp3) is 0.571. The van der Waals surface area contributed by atoms with E-state index in [4.69, 9.17) is 9.15 Å². The van der Waals surface area contributed by atoms with Crippen LogP contribution >= 0.6 is 0 Å². The molecule has 0 aromatic carbocycles. The Morgan fingerprint density at radius 1 is 1.64 bits per heavy atom. The van der Waals surface area contributed by atoms with Gasteiger partial charge in [0.25, 0.3) is 0 Å². The molecule has 4 heteroatoms. The summed E-state index contributed by atoms with van der Waals surface area (Å²) in [5.74, 6) is 0.872. The first-order chi connectivity index (χ1) is 5.45. The molecule has 0 atom stereocenters. The van der Waals surface area contributed by atoms with Crippen molar-refractivity contribution >= 4 is 0 Å². The molecule has 0 amide bonds. The Morgan fingerprint density at radius 3 is 3.09 bits per heavy atom. The van der Waals surface area contributed by atoms with Crippen LogP contribution in [0.4, 0.5) is 0 Å². The highest BCUT2D eigenvalue weighted by atomic mass is 16.5. The van der Waals surface area contributed by atoms with Gasteiger partial charge in [0.05, 0.1) is 32.0 Å². The van der Waals surface area contributed by atoms with Gasteiger partial charge in [-0.05, 0) is 0 Å². The Morgan fingerprint density at radius 2 is 2.55 bits per heavy atom. The lowest BCUT2D eigenvalue weighted by Gasteiger charge is -2.26. The highest BCUT2D eigenvalue weighted by Crippen LogP contribution is 2.02. The van der Waals surface area contributed by atoms with Crippen LogP contribution in [0.5, 0.6) is 0 Å². The molecule has 60 valence electrons. The summed E-state index contributed by atoms with van der Waals surface area (Å²) < 4.78 is 10.0. The smallest absolute Gasteiger partial charge is 0.180 e. The van der Waals surface area contributed by atoms with Gasteiger partial charge in [0.15, 0.2) is 6.39 Å². The molecule has 0 aliphatic carbocycles. The Hall–Kier alpha value is -0.870. The average Bonchev–Trinajstić information content (AvgIpc) is 2.36. The summed E-state index contributed by atoms with van der Waals surface area (Å²) in [7, 11) is 0. The zero-order chi connectivity index (χ0) is 7.52. The van der Waals surface area contributed by atoms with E-state index in [0.717, 1.165) is 25.5 Å². The minimum atomic E-state index is 0.500. The number of nitrogens with zero attached hydrogens (tertiary/aromatic N) is 1. The van der Waals surface area contributed by atoms with Crippen molar-refractivity contribution in [3.05, 3.63) is 18.4 Å². The van der Waals surface area contributed by atoms with E-state index >= 15 is 0 Å². The van der Waals surface area contributed by atoms with Crippen molar-refractivity contribution in [3.63, 3.8) is 0 Å². The second-order valence-electron chi connectivity index (χ2n) is 2.58. The van der Waals surface area contributed by atoms with Crippen molar-refractivity contribution < 1.29 is 9.15 Å². The van der Waals surface area contributed by atoms with Crippen LogP contribution in [0.2, 0.25) is 0 Å². The summed E-state index contributed by atoms with van der Waals surface area (Å²) in [5, 5.41) is 3.26. The van der Waals surface area contributed by atoms with E-state index in [1.54, 1.807) is 6.20 Å². The molecule has 1 N–H and O–H groups in total. The maximum Gasteiger partial charge on any atom is 0.180 e. The topological polar surface area (TPSA) is 47.3 Å². The predicted octanol–water partition coefficient (Wildman–Crippen LogP) is 0.163. The third kappa shape index (κ3) is 1.58. The molecule has 1 saturated heterocycles. The largest absolute Gasteiger partial charge is 0.447 e. The van der Waals surface area contributed by atoms with Gasteiger partial charge in [-0.3, -0.25) is 0 Å². The number of hydrogen-bond donors (Lipinski definition) is 1. The molecule has 1 aliphatic rings. The van der Waals surface area contributed by atoms with Gasteiger partial charge in [0.2, 0.25) is 0 Å². The lowest BCUT2D eigenvalue weighted by Crippen LogP contribution is -2.45. The van der Waals surface area contributed by atoms with Gasteiger partial charge in [0.1, 0.15) is 5.76 Å². The van der Waals surface area contributed by atoms with Gasteiger partial charge in [-0.15, -0.1) is 0 Å². The van der Waals surface area contributed by atoms with Crippen molar-refractivity contribution in [2.75, 3.05) is 13.2 Å². The first-order valence-corrected chi connectivity index (χ1v) is 3.63. The molecule has 1 fully saturated rings. The fourth-order valence-corrected chi connectivity index (χ4v) is 0.928. The number of nitrogens with one attached hydrogen (secondary N) is 1. The molecular weight excluding hydrogens is 144 g/mol. The second kappa shape index (κ2) is 3.02. The third-order valence-electron chi connectivity index (χ3n) is 1.69. The highest BCUT2D eigenvalue weighted by molar-refractivity contribution is 4.88. The summed E-state index contributed by atoms with van der Waals surface area (Å²) in [5.41, 5.74) is 0. The van der Waals surface area contributed by atoms with Crippen LogP contribution < -0.4 is 5.32 Å². The molecule has 2 heterocycles. The Labute approximate surface area is 64.6 Å². The maximum absolute atomic E-state index is 5.04. The van der Waals surface area contributed by atoms with E-state index in [2.05, 4.69) is 10.3 Å². The number of aromatic nitrogens is 1. The molecule has 4 nitrogen and oxygen atoms in total. The van der Waals surface area contributed by atoms with Crippen LogP contribution in [0, 0.1) is 0 Å². The quantitative estimate of drug-likeness (QED) is 0.673. The Kier molecular flexibility index (Phi) is 1.87. The number of oxazole rings is 1. The molecular formula is C7H10N2O2. The van der Waals surface area contributed by atoms with E-state index in [-0.39, 0.29) is 0 Å². The summed E-state index contributed by atoms with van der Waals surface area (Å²) in [6, 6.07) is 0.500. The monoisotopic (exact) mass is 154 g/mol. The van der Waals surface area contributed by atoms with Crippen LogP contribution in [0.3, 0.4) is 0 Å². The van der Waals surface area contributed by atoms with E-state index in [9.17, 15) is 0 Å². The van der Waals surface area contributed by atoms with E-state index in [1.165, 1.54) is 6.39 Å². The van der Waals surface area contributed by atoms with Gasteiger partial charge in [-0.2, -0.15) is 0 Å². The minimum absolute atomic E-state index is 0.500. The van der Waals surface area contributed by atoms with E-state index in [1.807, 2.05) is 0 Å². The molecule has 11 heavy (non-hydrogen) atoms. The zero-order valence-electron chi connectivity index (χ0n) is 6.12. The molecule has 1 aromatic heterocycles. The standard InChI is InChI=1S/C7H10N2O2/c1-7(11-5-8-1)2-9-6-3-10-4-6/h1,5-6,9H,2-4H2. The van der Waals surface area contributed by atoms with Gasteiger partial charge in [-0.25, -0.2) is 4.98 Å². The molecule has 0 spiro atoms. The van der Waals surface area contributed by atoms with Crippen molar-refractivity contribution in [3.8, 4) is 0 Å². The highest BCUT2D eigenvalue weighted by Gasteiger charge is 2.17. The number of rotatable bonds is 3. The molecule has 1 aliphatic heterocycles. The summed E-state index contributed by atoms with van der Waals surface area (Å²) in [6.45, 7) is 2.37. The first kappa shape index (κ1) is 6.82. The summed E-state index contributed by atoms with van der Waals surface area (Å²) in [6.07, 6.45) is 3.15. The average molecular weight is 154 g/mol. The van der Waals surface area contributed by atoms with E-state index in [0.29, 0.717) is 6.04 Å². The molecule has 0 saturated carbocycles. The second-order valence-corrected chi connectivity index (χ2v) is 2.58. The van der Waals surface area contributed by atoms with Gasteiger partial charge >= 0.3 is 0 Å². The lowest BCUT2D eigenvalue weighted by molar-refractivity contribution is -0.00641. The fourth-order valence-electron chi connectivity index (χ4n) is 0.928. The van der Waals surface area contributed by atoms with Gasteiger partial charge in [-0.1, -0.05) is 0 Å². The Balaban J connectivity index is 1.74. The van der Waals surface area contributed by atoms with Gasteiger partial charge in [0, 0.05) is 0 Å². The predicted molar refractivity (Wildman–Crippen MR) is 37.9 cm³/mol. The van der Waals surface area contributed by atoms with Crippen molar-refractivity contribution in [2.45, 2.75) is 12.6 Å². The van der Waals surface area contributed by atoms with E-state index < -0.39 is 0 Å². The van der Waals surface area contributed by atoms with Crippen molar-refractivity contribution in [1.29, 1.82) is 0 Å². The molecule has 0 unspecified atom stereocenters. The molecule has 0 bridgehead atoms. The molecule has 2 rings (SSSR count).